The second-order valence-corrected chi connectivity index (χ2v) is 5.13. The maximum absolute atomic E-state index is 5.86. The molecule has 1 aromatic heterocycles. The van der Waals surface area contributed by atoms with Gasteiger partial charge in [-0.25, -0.2) is 4.98 Å². The molecule has 0 spiro atoms. The third kappa shape index (κ3) is 1.57. The van der Waals surface area contributed by atoms with Gasteiger partial charge < -0.3 is 9.73 Å². The zero-order chi connectivity index (χ0) is 11.1. The summed E-state index contributed by atoms with van der Waals surface area (Å²) in [6, 6.07) is 6.40. The summed E-state index contributed by atoms with van der Waals surface area (Å²) < 4.78 is 6.83. The van der Waals surface area contributed by atoms with Crippen LogP contribution in [-0.2, 0) is 0 Å². The number of hydrogen-bond donors (Lipinski definition) is 1. The van der Waals surface area contributed by atoms with Gasteiger partial charge >= 0.3 is 0 Å². The molecule has 1 aliphatic rings. The number of para-hydroxylation sites is 1. The van der Waals surface area contributed by atoms with Crippen LogP contribution in [0.4, 0.5) is 0 Å². The standard InChI is InChI=1S/C12H13BrN2O/c1-7-8(5-6-14-7)12-15-10-4-2-3-9(13)11(10)16-12/h2-4,7-8,14H,5-6H2,1H3. The smallest absolute Gasteiger partial charge is 0.200 e. The van der Waals surface area contributed by atoms with Crippen LogP contribution >= 0.6 is 15.9 Å². The molecule has 2 heterocycles. The highest BCUT2D eigenvalue weighted by Crippen LogP contribution is 2.32. The van der Waals surface area contributed by atoms with Gasteiger partial charge in [-0.05, 0) is 48.0 Å². The van der Waals surface area contributed by atoms with E-state index in [1.54, 1.807) is 0 Å². The van der Waals surface area contributed by atoms with E-state index >= 15 is 0 Å². The third-order valence-electron chi connectivity index (χ3n) is 3.23. The minimum Gasteiger partial charge on any atom is -0.439 e. The Morgan fingerprint density at radius 1 is 1.50 bits per heavy atom. The summed E-state index contributed by atoms with van der Waals surface area (Å²) >= 11 is 3.48. The van der Waals surface area contributed by atoms with Gasteiger partial charge in [0.1, 0.15) is 5.52 Å². The van der Waals surface area contributed by atoms with Crippen molar-refractivity contribution in [2.75, 3.05) is 6.54 Å². The van der Waals surface area contributed by atoms with Gasteiger partial charge in [0, 0.05) is 6.04 Å². The van der Waals surface area contributed by atoms with Gasteiger partial charge in [0.15, 0.2) is 11.5 Å². The molecule has 0 radical (unpaired) electrons. The molecule has 4 heteroatoms. The molecule has 0 saturated carbocycles. The zero-order valence-electron chi connectivity index (χ0n) is 9.03. The molecule has 16 heavy (non-hydrogen) atoms. The van der Waals surface area contributed by atoms with Crippen molar-refractivity contribution < 1.29 is 4.42 Å². The lowest BCUT2D eigenvalue weighted by molar-refractivity contribution is 0.447. The molecular formula is C12H13BrN2O. The molecule has 2 atom stereocenters. The van der Waals surface area contributed by atoms with Crippen molar-refractivity contribution in [2.24, 2.45) is 0 Å². The van der Waals surface area contributed by atoms with Crippen molar-refractivity contribution in [3.63, 3.8) is 0 Å². The van der Waals surface area contributed by atoms with Crippen LogP contribution in [0.15, 0.2) is 27.1 Å². The molecule has 2 aromatic rings. The van der Waals surface area contributed by atoms with E-state index in [4.69, 9.17) is 4.42 Å². The summed E-state index contributed by atoms with van der Waals surface area (Å²) in [5.74, 6) is 1.26. The molecule has 3 rings (SSSR count). The average molecular weight is 281 g/mol. The molecule has 1 aliphatic heterocycles. The highest BCUT2D eigenvalue weighted by Gasteiger charge is 2.28. The molecule has 0 amide bonds. The Morgan fingerprint density at radius 2 is 2.38 bits per heavy atom. The lowest BCUT2D eigenvalue weighted by atomic mass is 10.0. The number of oxazole rings is 1. The van der Waals surface area contributed by atoms with Gasteiger partial charge in [0.05, 0.1) is 10.4 Å². The summed E-state index contributed by atoms with van der Waals surface area (Å²) in [7, 11) is 0. The number of nitrogens with zero attached hydrogens (tertiary/aromatic N) is 1. The second-order valence-electron chi connectivity index (χ2n) is 4.28. The predicted molar refractivity (Wildman–Crippen MR) is 66.5 cm³/mol. The van der Waals surface area contributed by atoms with Crippen LogP contribution < -0.4 is 5.32 Å². The number of fused-ring (bicyclic) bond motifs is 1. The van der Waals surface area contributed by atoms with E-state index in [-0.39, 0.29) is 0 Å². The summed E-state index contributed by atoms with van der Waals surface area (Å²) in [6.45, 7) is 3.23. The number of rotatable bonds is 1. The average Bonchev–Trinajstić information content (AvgIpc) is 2.84. The first kappa shape index (κ1) is 10.3. The maximum Gasteiger partial charge on any atom is 0.200 e. The van der Waals surface area contributed by atoms with Crippen LogP contribution in [0.2, 0.25) is 0 Å². The number of aromatic nitrogens is 1. The minimum atomic E-state index is 0.402. The van der Waals surface area contributed by atoms with Crippen LogP contribution in [0.3, 0.4) is 0 Å². The molecular weight excluding hydrogens is 268 g/mol. The Balaban J connectivity index is 2.08. The van der Waals surface area contributed by atoms with E-state index in [0.717, 1.165) is 34.4 Å². The van der Waals surface area contributed by atoms with Gasteiger partial charge in [0.25, 0.3) is 0 Å². The predicted octanol–water partition coefficient (Wildman–Crippen LogP) is 3.06. The van der Waals surface area contributed by atoms with Crippen LogP contribution in [0.1, 0.15) is 25.2 Å². The highest BCUT2D eigenvalue weighted by molar-refractivity contribution is 9.10. The molecule has 1 fully saturated rings. The topological polar surface area (TPSA) is 38.1 Å². The van der Waals surface area contributed by atoms with Crippen LogP contribution in [0, 0.1) is 0 Å². The molecule has 0 bridgehead atoms. The molecule has 1 N–H and O–H groups in total. The first-order valence-corrected chi connectivity index (χ1v) is 6.33. The minimum absolute atomic E-state index is 0.402. The van der Waals surface area contributed by atoms with E-state index in [9.17, 15) is 0 Å². The van der Waals surface area contributed by atoms with Gasteiger partial charge in [-0.15, -0.1) is 0 Å². The normalized spacial score (nSPS) is 25.4. The van der Waals surface area contributed by atoms with E-state index in [2.05, 4.69) is 33.2 Å². The van der Waals surface area contributed by atoms with E-state index in [0.29, 0.717) is 12.0 Å². The monoisotopic (exact) mass is 280 g/mol. The van der Waals surface area contributed by atoms with Crippen molar-refractivity contribution in [3.05, 3.63) is 28.6 Å². The van der Waals surface area contributed by atoms with Crippen molar-refractivity contribution in [1.82, 2.24) is 10.3 Å². The lowest BCUT2D eigenvalue weighted by Crippen LogP contribution is -2.21. The Kier molecular flexibility index (Phi) is 2.48. The molecule has 84 valence electrons. The summed E-state index contributed by atoms with van der Waals surface area (Å²) in [4.78, 5) is 4.57. The Morgan fingerprint density at radius 3 is 3.06 bits per heavy atom. The fourth-order valence-electron chi connectivity index (χ4n) is 2.29. The molecule has 3 nitrogen and oxygen atoms in total. The fourth-order valence-corrected chi connectivity index (χ4v) is 2.72. The van der Waals surface area contributed by atoms with E-state index < -0.39 is 0 Å². The second kappa shape index (κ2) is 3.86. The Labute approximate surface area is 102 Å². The number of benzene rings is 1. The van der Waals surface area contributed by atoms with Crippen molar-refractivity contribution in [1.29, 1.82) is 0 Å². The SMILES string of the molecule is CC1NCCC1c1nc2cccc(Br)c2o1. The largest absolute Gasteiger partial charge is 0.439 e. The number of halogens is 1. The van der Waals surface area contributed by atoms with Gasteiger partial charge in [-0.1, -0.05) is 6.07 Å². The Bertz CT molecular complexity index is 523. The quantitative estimate of drug-likeness (QED) is 0.873. The molecule has 1 saturated heterocycles. The van der Waals surface area contributed by atoms with Crippen molar-refractivity contribution in [3.8, 4) is 0 Å². The van der Waals surface area contributed by atoms with Gasteiger partial charge in [0.2, 0.25) is 0 Å². The van der Waals surface area contributed by atoms with Crippen molar-refractivity contribution >= 4 is 27.0 Å². The van der Waals surface area contributed by atoms with Gasteiger partial charge in [-0.2, -0.15) is 0 Å². The van der Waals surface area contributed by atoms with Gasteiger partial charge in [-0.3, -0.25) is 0 Å². The number of hydrogen-bond acceptors (Lipinski definition) is 3. The third-order valence-corrected chi connectivity index (χ3v) is 3.85. The maximum atomic E-state index is 5.86. The molecule has 1 aromatic carbocycles. The number of nitrogens with one attached hydrogen (secondary N) is 1. The lowest BCUT2D eigenvalue weighted by Gasteiger charge is -2.09. The summed E-state index contributed by atoms with van der Waals surface area (Å²) in [5.41, 5.74) is 1.79. The zero-order valence-corrected chi connectivity index (χ0v) is 10.6. The van der Waals surface area contributed by atoms with Crippen LogP contribution in [-0.4, -0.2) is 17.6 Å². The fraction of sp³-hybridized carbons (Fsp3) is 0.417. The van der Waals surface area contributed by atoms with Crippen molar-refractivity contribution in [2.45, 2.75) is 25.3 Å². The van der Waals surface area contributed by atoms with E-state index in [1.165, 1.54) is 0 Å². The Hall–Kier alpha value is -0.870. The van der Waals surface area contributed by atoms with E-state index in [1.807, 2.05) is 18.2 Å². The van der Waals surface area contributed by atoms with Crippen LogP contribution in [0.5, 0.6) is 0 Å². The molecule has 2 unspecified atom stereocenters. The first-order valence-electron chi connectivity index (χ1n) is 5.54. The highest BCUT2D eigenvalue weighted by atomic mass is 79.9. The molecule has 0 aliphatic carbocycles. The summed E-state index contributed by atoms with van der Waals surface area (Å²) in [5, 5.41) is 3.42. The van der Waals surface area contributed by atoms with Crippen LogP contribution in [0.25, 0.3) is 11.1 Å². The summed E-state index contributed by atoms with van der Waals surface area (Å²) in [6.07, 6.45) is 1.10. The first-order chi connectivity index (χ1) is 7.75.